The average molecular weight is 569 g/mol. The second-order valence-corrected chi connectivity index (χ2v) is 11.5. The minimum absolute atomic E-state index is 0.209. The van der Waals surface area contributed by atoms with E-state index in [1.54, 1.807) is 13.2 Å². The maximum absolute atomic E-state index is 14.0. The van der Waals surface area contributed by atoms with Crippen LogP contribution in [0.25, 0.3) is 33.2 Å². The molecule has 0 saturated carbocycles. The molecular formula is C37H36N4O2. The van der Waals surface area contributed by atoms with Crippen molar-refractivity contribution in [2.75, 3.05) is 7.11 Å². The van der Waals surface area contributed by atoms with E-state index in [2.05, 4.69) is 80.8 Å². The van der Waals surface area contributed by atoms with Crippen molar-refractivity contribution in [1.29, 1.82) is 0 Å². The van der Waals surface area contributed by atoms with Gasteiger partial charge in [-0.1, -0.05) is 74.0 Å². The monoisotopic (exact) mass is 568 g/mol. The van der Waals surface area contributed by atoms with E-state index in [0.717, 1.165) is 51.1 Å². The molecule has 0 radical (unpaired) electrons. The number of methoxy groups -OCH3 is 1. The summed E-state index contributed by atoms with van der Waals surface area (Å²) < 4.78 is 9.46. The molecule has 0 atom stereocenters. The zero-order valence-corrected chi connectivity index (χ0v) is 25.6. The van der Waals surface area contributed by atoms with Gasteiger partial charge in [0.15, 0.2) is 5.82 Å². The standard InChI is InChI=1S/C37H36N4O2/c1-23(2)30-20-31(25(4)19-35(30)43-6)36-39-33-16-9-7-15-29(33)37(42)41(36)38-21-32-26(5)40(34-17-10-8-14-28(32)34)22-27-13-11-12-24(3)18-27/h7-21,23H,22H2,1-6H3. The minimum atomic E-state index is -0.209. The van der Waals surface area contributed by atoms with Crippen molar-refractivity contribution in [3.05, 3.63) is 129 Å². The molecule has 43 heavy (non-hydrogen) atoms. The Kier molecular flexibility index (Phi) is 7.45. The predicted octanol–water partition coefficient (Wildman–Crippen LogP) is 8.01. The van der Waals surface area contributed by atoms with Crippen LogP contribution in [0.4, 0.5) is 0 Å². The van der Waals surface area contributed by atoms with Gasteiger partial charge in [-0.3, -0.25) is 4.79 Å². The summed E-state index contributed by atoms with van der Waals surface area (Å²) >= 11 is 0. The molecule has 0 unspecified atom stereocenters. The molecule has 216 valence electrons. The third-order valence-corrected chi connectivity index (χ3v) is 8.20. The molecule has 0 aliphatic rings. The Balaban J connectivity index is 1.55. The van der Waals surface area contributed by atoms with Crippen molar-refractivity contribution in [1.82, 2.24) is 14.2 Å². The largest absolute Gasteiger partial charge is 0.496 e. The molecule has 2 aromatic heterocycles. The fourth-order valence-corrected chi connectivity index (χ4v) is 5.91. The van der Waals surface area contributed by atoms with Crippen LogP contribution in [0.2, 0.25) is 0 Å². The maximum Gasteiger partial charge on any atom is 0.282 e. The van der Waals surface area contributed by atoms with Crippen LogP contribution in [0.5, 0.6) is 5.75 Å². The number of aromatic nitrogens is 3. The van der Waals surface area contributed by atoms with E-state index in [1.165, 1.54) is 15.8 Å². The fraction of sp³-hybridized carbons (Fsp3) is 0.216. The van der Waals surface area contributed by atoms with Crippen molar-refractivity contribution in [3.8, 4) is 17.1 Å². The number of benzene rings is 4. The van der Waals surface area contributed by atoms with Crippen LogP contribution < -0.4 is 10.3 Å². The lowest BCUT2D eigenvalue weighted by molar-refractivity contribution is 0.407. The highest BCUT2D eigenvalue weighted by Crippen LogP contribution is 2.34. The minimum Gasteiger partial charge on any atom is -0.496 e. The van der Waals surface area contributed by atoms with E-state index in [9.17, 15) is 4.79 Å². The van der Waals surface area contributed by atoms with E-state index in [4.69, 9.17) is 14.8 Å². The fourth-order valence-electron chi connectivity index (χ4n) is 5.91. The molecule has 0 saturated heterocycles. The summed E-state index contributed by atoms with van der Waals surface area (Å²) in [5.41, 5.74) is 8.94. The van der Waals surface area contributed by atoms with Crippen LogP contribution in [0.1, 0.15) is 53.3 Å². The number of hydrogen-bond donors (Lipinski definition) is 0. The summed E-state index contributed by atoms with van der Waals surface area (Å²) in [6.45, 7) is 11.2. The molecule has 0 amide bonds. The van der Waals surface area contributed by atoms with Crippen molar-refractivity contribution in [2.45, 2.75) is 47.1 Å². The Labute approximate surface area is 251 Å². The summed E-state index contributed by atoms with van der Waals surface area (Å²) in [6, 6.07) is 28.5. The molecule has 2 heterocycles. The first-order valence-electron chi connectivity index (χ1n) is 14.6. The second-order valence-electron chi connectivity index (χ2n) is 11.5. The van der Waals surface area contributed by atoms with Crippen molar-refractivity contribution < 1.29 is 4.74 Å². The van der Waals surface area contributed by atoms with Gasteiger partial charge in [0.1, 0.15) is 5.75 Å². The third-order valence-electron chi connectivity index (χ3n) is 8.20. The van der Waals surface area contributed by atoms with Gasteiger partial charge in [0, 0.05) is 34.3 Å². The van der Waals surface area contributed by atoms with E-state index in [-0.39, 0.29) is 11.5 Å². The Morgan fingerprint density at radius 3 is 2.40 bits per heavy atom. The Morgan fingerprint density at radius 2 is 1.65 bits per heavy atom. The topological polar surface area (TPSA) is 61.4 Å². The first kappa shape index (κ1) is 28.2. The van der Waals surface area contributed by atoms with Gasteiger partial charge >= 0.3 is 0 Å². The molecular weight excluding hydrogens is 532 g/mol. The molecule has 0 aliphatic heterocycles. The molecule has 0 fully saturated rings. The lowest BCUT2D eigenvalue weighted by atomic mass is 9.96. The van der Waals surface area contributed by atoms with Crippen molar-refractivity contribution in [2.24, 2.45) is 5.10 Å². The van der Waals surface area contributed by atoms with E-state index < -0.39 is 0 Å². The number of hydrogen-bond acceptors (Lipinski definition) is 4. The van der Waals surface area contributed by atoms with Crippen LogP contribution in [-0.4, -0.2) is 27.6 Å². The molecule has 4 aromatic carbocycles. The summed E-state index contributed by atoms with van der Waals surface area (Å²) in [5, 5.41) is 6.49. The van der Waals surface area contributed by atoms with Gasteiger partial charge in [0.2, 0.25) is 0 Å². The van der Waals surface area contributed by atoms with Gasteiger partial charge in [-0.15, -0.1) is 0 Å². The van der Waals surface area contributed by atoms with Crippen LogP contribution in [0.3, 0.4) is 0 Å². The summed E-state index contributed by atoms with van der Waals surface area (Å²) in [5.74, 6) is 1.55. The average Bonchev–Trinajstić information content (AvgIpc) is 3.26. The number of ether oxygens (including phenoxy) is 1. The number of fused-ring (bicyclic) bond motifs is 2. The first-order chi connectivity index (χ1) is 20.8. The normalized spacial score (nSPS) is 11.8. The van der Waals surface area contributed by atoms with Crippen molar-refractivity contribution in [3.63, 3.8) is 0 Å². The van der Waals surface area contributed by atoms with E-state index in [0.29, 0.717) is 16.7 Å². The van der Waals surface area contributed by atoms with E-state index in [1.807, 2.05) is 43.5 Å². The summed E-state index contributed by atoms with van der Waals surface area (Å²) in [7, 11) is 1.69. The van der Waals surface area contributed by atoms with Crippen LogP contribution in [0, 0.1) is 20.8 Å². The number of para-hydroxylation sites is 2. The van der Waals surface area contributed by atoms with Gasteiger partial charge in [-0.25, -0.2) is 4.98 Å². The maximum atomic E-state index is 14.0. The second kappa shape index (κ2) is 11.4. The molecule has 6 rings (SSSR count). The van der Waals surface area contributed by atoms with Crippen LogP contribution in [0.15, 0.2) is 94.8 Å². The Morgan fingerprint density at radius 1 is 0.907 bits per heavy atom. The number of aryl methyl sites for hydroxylation is 2. The van der Waals surface area contributed by atoms with Gasteiger partial charge in [0.25, 0.3) is 5.56 Å². The number of nitrogens with zero attached hydrogens (tertiary/aromatic N) is 4. The molecule has 6 heteroatoms. The Bertz CT molecular complexity index is 2080. The number of rotatable bonds is 7. The molecule has 0 spiro atoms. The predicted molar refractivity (Wildman–Crippen MR) is 177 cm³/mol. The van der Waals surface area contributed by atoms with Crippen molar-refractivity contribution >= 4 is 28.0 Å². The lowest BCUT2D eigenvalue weighted by Crippen LogP contribution is -2.21. The molecule has 6 aromatic rings. The van der Waals surface area contributed by atoms with Crippen LogP contribution >= 0.6 is 0 Å². The highest BCUT2D eigenvalue weighted by Gasteiger charge is 2.19. The highest BCUT2D eigenvalue weighted by molar-refractivity contribution is 6.01. The highest BCUT2D eigenvalue weighted by atomic mass is 16.5. The van der Waals surface area contributed by atoms with Gasteiger partial charge in [0.05, 0.1) is 24.2 Å². The smallest absolute Gasteiger partial charge is 0.282 e. The zero-order valence-electron chi connectivity index (χ0n) is 25.6. The SMILES string of the molecule is COc1cc(C)c(-c2nc3ccccc3c(=O)n2N=Cc2c(C)n(Cc3cccc(C)c3)c3ccccc23)cc1C(C)C. The summed E-state index contributed by atoms with van der Waals surface area (Å²) in [6.07, 6.45) is 1.81. The van der Waals surface area contributed by atoms with Gasteiger partial charge in [-0.2, -0.15) is 9.78 Å². The molecule has 0 N–H and O–H groups in total. The third kappa shape index (κ3) is 5.14. The van der Waals surface area contributed by atoms with Gasteiger partial charge < -0.3 is 9.30 Å². The first-order valence-corrected chi connectivity index (χ1v) is 14.6. The molecule has 0 bridgehead atoms. The zero-order chi connectivity index (χ0) is 30.2. The quantitative estimate of drug-likeness (QED) is 0.183. The Hall–Kier alpha value is -4.97. The molecule has 6 nitrogen and oxygen atoms in total. The van der Waals surface area contributed by atoms with Gasteiger partial charge in [-0.05, 0) is 73.7 Å². The molecule has 0 aliphatic carbocycles. The van der Waals surface area contributed by atoms with E-state index >= 15 is 0 Å². The summed E-state index contributed by atoms with van der Waals surface area (Å²) in [4.78, 5) is 19.0. The van der Waals surface area contributed by atoms with Crippen LogP contribution in [-0.2, 0) is 6.54 Å². The lowest BCUT2D eigenvalue weighted by Gasteiger charge is -2.17.